The second-order valence-corrected chi connectivity index (χ2v) is 8.58. The molecule has 0 aliphatic rings. The van der Waals surface area contributed by atoms with Crippen molar-refractivity contribution in [2.24, 2.45) is 0 Å². The van der Waals surface area contributed by atoms with Crippen LogP contribution in [0.4, 0.5) is 0 Å². The molecule has 0 bridgehead atoms. The maximum absolute atomic E-state index is 9.80. The van der Waals surface area contributed by atoms with E-state index in [0.29, 0.717) is 0 Å². The molecule has 2 aromatic heterocycles. The number of nitriles is 2. The van der Waals surface area contributed by atoms with Gasteiger partial charge < -0.3 is 0 Å². The van der Waals surface area contributed by atoms with E-state index in [-0.39, 0.29) is 0 Å². The molecular formula is C18H20N2S2. The highest BCUT2D eigenvalue weighted by Gasteiger charge is 2.32. The van der Waals surface area contributed by atoms with Crippen LogP contribution in [0, 0.1) is 64.2 Å². The lowest BCUT2D eigenvalue weighted by molar-refractivity contribution is 0.749. The molecule has 0 amide bonds. The summed E-state index contributed by atoms with van der Waals surface area (Å²) in [5.41, 5.74) is 4.44. The third-order valence-electron chi connectivity index (χ3n) is 4.47. The lowest BCUT2D eigenvalue weighted by Gasteiger charge is -2.18. The van der Waals surface area contributed by atoms with Gasteiger partial charge in [-0.2, -0.15) is 10.5 Å². The van der Waals surface area contributed by atoms with Crippen LogP contribution in [0.3, 0.4) is 0 Å². The molecule has 0 radical (unpaired) electrons. The van der Waals surface area contributed by atoms with Gasteiger partial charge in [0, 0.05) is 19.5 Å². The molecule has 0 aliphatic heterocycles. The van der Waals surface area contributed by atoms with E-state index in [9.17, 15) is 10.5 Å². The van der Waals surface area contributed by atoms with Gasteiger partial charge in [0.25, 0.3) is 0 Å². The van der Waals surface area contributed by atoms with Gasteiger partial charge in [0.1, 0.15) is 0 Å². The lowest BCUT2D eigenvalue weighted by atomic mass is 9.80. The van der Waals surface area contributed by atoms with Gasteiger partial charge in [-0.15, -0.1) is 22.7 Å². The molecule has 22 heavy (non-hydrogen) atoms. The summed E-state index contributed by atoms with van der Waals surface area (Å²) in [6.07, 6.45) is 0. The maximum atomic E-state index is 9.80. The van der Waals surface area contributed by atoms with Gasteiger partial charge in [-0.25, -0.2) is 0 Å². The zero-order valence-electron chi connectivity index (χ0n) is 13.9. The Kier molecular flexibility index (Phi) is 4.75. The molecule has 2 aromatic rings. The number of aryl methyl sites for hydroxylation is 4. The highest BCUT2D eigenvalue weighted by atomic mass is 32.1. The number of hydrogen-bond acceptors (Lipinski definition) is 4. The second-order valence-electron chi connectivity index (χ2n) is 5.72. The van der Waals surface area contributed by atoms with Crippen molar-refractivity contribution < 1.29 is 0 Å². The molecule has 0 saturated heterocycles. The lowest BCUT2D eigenvalue weighted by Crippen LogP contribution is -2.11. The first-order valence-electron chi connectivity index (χ1n) is 7.25. The van der Waals surface area contributed by atoms with Crippen molar-refractivity contribution in [3.05, 3.63) is 41.8 Å². The Morgan fingerprint density at radius 2 is 0.955 bits per heavy atom. The van der Waals surface area contributed by atoms with E-state index >= 15 is 0 Å². The quantitative estimate of drug-likeness (QED) is 0.739. The van der Waals surface area contributed by atoms with Crippen LogP contribution in [0.5, 0.6) is 0 Å². The highest BCUT2D eigenvalue weighted by Crippen LogP contribution is 2.43. The zero-order valence-corrected chi connectivity index (χ0v) is 15.5. The molecule has 0 fully saturated rings. The first-order chi connectivity index (χ1) is 10.3. The molecule has 2 heterocycles. The minimum Gasteiger partial charge on any atom is -0.198 e. The van der Waals surface area contributed by atoms with Crippen LogP contribution < -0.4 is 0 Å². The first kappa shape index (κ1) is 16.7. The van der Waals surface area contributed by atoms with E-state index in [1.165, 1.54) is 9.75 Å². The van der Waals surface area contributed by atoms with Gasteiger partial charge >= 0.3 is 0 Å². The largest absolute Gasteiger partial charge is 0.198 e. The number of thiophene rings is 2. The second kappa shape index (κ2) is 6.24. The summed E-state index contributed by atoms with van der Waals surface area (Å²) in [7, 11) is 0. The summed E-state index contributed by atoms with van der Waals surface area (Å²) in [6, 6.07) is 4.83. The summed E-state index contributed by atoms with van der Waals surface area (Å²) in [5, 5.41) is 19.6. The Balaban J connectivity index is 2.63. The van der Waals surface area contributed by atoms with E-state index < -0.39 is 11.8 Å². The van der Waals surface area contributed by atoms with Crippen LogP contribution in [0.25, 0.3) is 0 Å². The first-order valence-corrected chi connectivity index (χ1v) is 8.88. The molecule has 4 heteroatoms. The van der Waals surface area contributed by atoms with Gasteiger partial charge in [0.15, 0.2) is 0 Å². The van der Waals surface area contributed by atoms with Crippen LogP contribution in [0.15, 0.2) is 0 Å². The normalized spacial score (nSPS) is 13.5. The average Bonchev–Trinajstić information content (AvgIpc) is 2.86. The number of nitrogens with zero attached hydrogens (tertiary/aromatic N) is 2. The topological polar surface area (TPSA) is 47.6 Å². The van der Waals surface area contributed by atoms with Crippen LogP contribution in [-0.4, -0.2) is 0 Å². The van der Waals surface area contributed by atoms with Gasteiger partial charge in [-0.3, -0.25) is 0 Å². The highest BCUT2D eigenvalue weighted by molar-refractivity contribution is 7.12. The van der Waals surface area contributed by atoms with Crippen molar-refractivity contribution >= 4 is 22.7 Å². The fourth-order valence-corrected chi connectivity index (χ4v) is 5.37. The number of rotatable bonds is 3. The van der Waals surface area contributed by atoms with Crippen LogP contribution >= 0.6 is 22.7 Å². The molecule has 2 nitrogen and oxygen atoms in total. The Bertz CT molecular complexity index is 728. The van der Waals surface area contributed by atoms with E-state index in [2.05, 4.69) is 53.7 Å². The SMILES string of the molecule is Cc1sc(C)c(C(C#N)C(C#N)c2c(C)sc(C)c2C)c1C. The monoisotopic (exact) mass is 328 g/mol. The fourth-order valence-electron chi connectivity index (χ4n) is 3.15. The smallest absolute Gasteiger partial charge is 0.0925 e. The Hall–Kier alpha value is -1.62. The molecule has 2 atom stereocenters. The summed E-state index contributed by atoms with van der Waals surface area (Å²) in [4.78, 5) is 4.78. The average molecular weight is 329 g/mol. The van der Waals surface area contributed by atoms with E-state index in [1.807, 2.05) is 0 Å². The van der Waals surface area contributed by atoms with Crippen LogP contribution in [-0.2, 0) is 0 Å². The van der Waals surface area contributed by atoms with Crippen molar-refractivity contribution in [3.63, 3.8) is 0 Å². The number of hydrogen-bond donors (Lipinski definition) is 0. The van der Waals surface area contributed by atoms with Crippen molar-refractivity contribution in [1.29, 1.82) is 10.5 Å². The summed E-state index contributed by atoms with van der Waals surface area (Å²) in [5.74, 6) is -0.803. The van der Waals surface area contributed by atoms with E-state index in [1.54, 1.807) is 22.7 Å². The zero-order chi connectivity index (χ0) is 16.6. The van der Waals surface area contributed by atoms with E-state index in [0.717, 1.165) is 32.0 Å². The van der Waals surface area contributed by atoms with Crippen LogP contribution in [0.1, 0.15) is 53.6 Å². The summed E-state index contributed by atoms with van der Waals surface area (Å²) >= 11 is 3.44. The fraction of sp³-hybridized carbons (Fsp3) is 0.444. The van der Waals surface area contributed by atoms with Gasteiger partial charge in [0.2, 0.25) is 0 Å². The molecule has 0 aliphatic carbocycles. The molecule has 0 aromatic carbocycles. The Morgan fingerprint density at radius 3 is 1.14 bits per heavy atom. The summed E-state index contributed by atoms with van der Waals surface area (Å²) in [6.45, 7) is 12.4. The molecule has 0 spiro atoms. The minimum absolute atomic E-state index is 0.402. The van der Waals surface area contributed by atoms with Crippen LogP contribution in [0.2, 0.25) is 0 Å². The Labute approximate surface area is 140 Å². The Morgan fingerprint density at radius 1 is 0.636 bits per heavy atom. The van der Waals surface area contributed by atoms with Crippen molar-refractivity contribution in [2.45, 2.75) is 53.4 Å². The van der Waals surface area contributed by atoms with Gasteiger partial charge in [0.05, 0.1) is 24.0 Å². The van der Waals surface area contributed by atoms with Gasteiger partial charge in [-0.1, -0.05) is 0 Å². The molecule has 114 valence electrons. The van der Waals surface area contributed by atoms with Crippen molar-refractivity contribution in [3.8, 4) is 12.1 Å². The van der Waals surface area contributed by atoms with E-state index in [4.69, 9.17) is 0 Å². The molecule has 0 saturated carbocycles. The molecule has 2 rings (SSSR count). The van der Waals surface area contributed by atoms with Crippen molar-refractivity contribution in [1.82, 2.24) is 0 Å². The van der Waals surface area contributed by atoms with Crippen molar-refractivity contribution in [2.75, 3.05) is 0 Å². The molecular weight excluding hydrogens is 308 g/mol. The predicted molar refractivity (Wildman–Crippen MR) is 93.8 cm³/mol. The summed E-state index contributed by atoms with van der Waals surface area (Å²) < 4.78 is 0. The standard InChI is InChI=1S/C18H20N2S2/c1-9-11(3)21-13(5)17(9)15(7-19)16(8-20)18-10(2)12(4)22-14(18)6/h15-16H,1-6H3. The maximum Gasteiger partial charge on any atom is 0.0925 e. The predicted octanol–water partition coefficient (Wildman–Crippen LogP) is 5.57. The molecule has 2 unspecified atom stereocenters. The third kappa shape index (κ3) is 2.58. The third-order valence-corrected chi connectivity index (χ3v) is 6.75. The minimum atomic E-state index is -0.402. The molecule has 0 N–H and O–H groups in total. The van der Waals surface area contributed by atoms with Gasteiger partial charge in [-0.05, 0) is 63.8 Å².